The summed E-state index contributed by atoms with van der Waals surface area (Å²) in [5.74, 6) is 2.59. The number of aromatic nitrogens is 5. The zero-order valence-electron chi connectivity index (χ0n) is 14.3. The van der Waals surface area contributed by atoms with Crippen molar-refractivity contribution in [3.8, 4) is 23.6 Å². The lowest BCUT2D eigenvalue weighted by molar-refractivity contribution is -0.0979. The molecule has 7 nitrogen and oxygen atoms in total. The molecule has 136 valence electrons. The highest BCUT2D eigenvalue weighted by Crippen LogP contribution is 2.38. The molecule has 4 aromatic rings. The standard InChI is InChI=1S/C17H12ClFN6.CH2O/c1-3-4-9-16(19)15(18)14(10-5-22-24-17(9)10)11-7-25-8-12(20-2)23-13(25)6-21-11;1-2/h1,5-8,20H,4H2,2H3,(H,22,24);1H2. The SMILES string of the molecule is C#CCc1c(F)c(Cl)c(-c2cn3cc(NC)nc3cn2)c2cn[nH]c12.C=O. The van der Waals surface area contributed by atoms with Crippen molar-refractivity contribution in [3.63, 3.8) is 0 Å². The number of H-pyrrole nitrogens is 1. The topological polar surface area (TPSA) is 88.0 Å². The normalized spacial score (nSPS) is 10.4. The smallest absolute Gasteiger partial charge is 0.157 e. The Morgan fingerprint density at radius 2 is 2.19 bits per heavy atom. The van der Waals surface area contributed by atoms with Crippen molar-refractivity contribution >= 4 is 40.8 Å². The first-order valence-corrected chi connectivity index (χ1v) is 8.10. The van der Waals surface area contributed by atoms with Crippen molar-refractivity contribution in [2.75, 3.05) is 12.4 Å². The van der Waals surface area contributed by atoms with Gasteiger partial charge in [-0.1, -0.05) is 11.6 Å². The molecule has 3 aromatic heterocycles. The molecular weight excluding hydrogens is 371 g/mol. The molecule has 0 fully saturated rings. The minimum Gasteiger partial charge on any atom is -0.372 e. The average Bonchev–Trinajstić information content (AvgIpc) is 3.33. The van der Waals surface area contributed by atoms with Gasteiger partial charge in [-0.05, 0) is 0 Å². The van der Waals surface area contributed by atoms with Crippen LogP contribution in [0.2, 0.25) is 5.02 Å². The number of fused-ring (bicyclic) bond motifs is 2. The van der Waals surface area contributed by atoms with Gasteiger partial charge in [-0.25, -0.2) is 9.37 Å². The number of nitrogens with one attached hydrogen (secondary N) is 2. The van der Waals surface area contributed by atoms with Crippen LogP contribution in [-0.2, 0) is 11.2 Å². The van der Waals surface area contributed by atoms with Gasteiger partial charge in [-0.2, -0.15) is 5.10 Å². The molecule has 0 amide bonds. The van der Waals surface area contributed by atoms with Crippen LogP contribution in [0.25, 0.3) is 27.8 Å². The summed E-state index contributed by atoms with van der Waals surface area (Å²) in [6, 6.07) is 0. The first-order valence-electron chi connectivity index (χ1n) is 7.72. The predicted octanol–water partition coefficient (Wildman–Crippen LogP) is 3.10. The van der Waals surface area contributed by atoms with Crippen LogP contribution in [0.15, 0.2) is 24.8 Å². The molecule has 0 aliphatic rings. The summed E-state index contributed by atoms with van der Waals surface area (Å²) in [5.41, 5.74) is 2.49. The number of carbonyl (C=O) groups excluding carboxylic acids is 1. The fourth-order valence-electron chi connectivity index (χ4n) is 2.84. The van der Waals surface area contributed by atoms with Crippen LogP contribution in [0.3, 0.4) is 0 Å². The molecule has 0 atom stereocenters. The van der Waals surface area contributed by atoms with Gasteiger partial charge in [0.2, 0.25) is 0 Å². The maximum absolute atomic E-state index is 14.8. The fourth-order valence-corrected chi connectivity index (χ4v) is 3.16. The number of anilines is 1. The number of benzene rings is 1. The lowest BCUT2D eigenvalue weighted by Crippen LogP contribution is -1.98. The molecule has 0 spiro atoms. The summed E-state index contributed by atoms with van der Waals surface area (Å²) in [7, 11) is 1.78. The van der Waals surface area contributed by atoms with E-state index in [1.54, 1.807) is 30.0 Å². The predicted molar refractivity (Wildman–Crippen MR) is 102 cm³/mol. The molecule has 1 aromatic carbocycles. The van der Waals surface area contributed by atoms with Gasteiger partial charge in [0.15, 0.2) is 5.65 Å². The molecule has 9 heteroatoms. The largest absolute Gasteiger partial charge is 0.372 e. The highest BCUT2D eigenvalue weighted by atomic mass is 35.5. The van der Waals surface area contributed by atoms with Crippen molar-refractivity contribution in [1.29, 1.82) is 0 Å². The van der Waals surface area contributed by atoms with Crippen LogP contribution in [0.1, 0.15) is 5.56 Å². The van der Waals surface area contributed by atoms with Gasteiger partial charge in [0, 0.05) is 36.2 Å². The van der Waals surface area contributed by atoms with Crippen molar-refractivity contribution < 1.29 is 9.18 Å². The van der Waals surface area contributed by atoms with Gasteiger partial charge < -0.3 is 14.5 Å². The zero-order valence-corrected chi connectivity index (χ0v) is 15.0. The van der Waals surface area contributed by atoms with E-state index in [0.717, 1.165) is 0 Å². The maximum atomic E-state index is 14.8. The fraction of sp³-hybridized carbons (Fsp3) is 0.111. The van der Waals surface area contributed by atoms with E-state index >= 15 is 0 Å². The monoisotopic (exact) mass is 384 g/mol. The summed E-state index contributed by atoms with van der Waals surface area (Å²) < 4.78 is 16.6. The number of nitrogens with zero attached hydrogens (tertiary/aromatic N) is 4. The van der Waals surface area contributed by atoms with Gasteiger partial charge >= 0.3 is 0 Å². The number of halogens is 2. The lowest BCUT2D eigenvalue weighted by atomic mass is 10.0. The average molecular weight is 385 g/mol. The second kappa shape index (κ2) is 7.43. The zero-order chi connectivity index (χ0) is 19.6. The van der Waals surface area contributed by atoms with E-state index in [-0.39, 0.29) is 11.4 Å². The van der Waals surface area contributed by atoms with Crippen molar-refractivity contribution in [3.05, 3.63) is 41.2 Å². The third-order valence-electron chi connectivity index (χ3n) is 4.02. The molecule has 0 aliphatic carbocycles. The van der Waals surface area contributed by atoms with Crippen LogP contribution in [0.4, 0.5) is 10.2 Å². The number of hydrogen-bond acceptors (Lipinski definition) is 5. The van der Waals surface area contributed by atoms with Crippen LogP contribution in [0.5, 0.6) is 0 Å². The number of imidazole rings is 1. The van der Waals surface area contributed by atoms with Gasteiger partial charge in [-0.15, -0.1) is 12.3 Å². The molecule has 0 saturated heterocycles. The summed E-state index contributed by atoms with van der Waals surface area (Å²) in [6.45, 7) is 2.00. The van der Waals surface area contributed by atoms with Gasteiger partial charge in [0.05, 0.1) is 34.8 Å². The quantitative estimate of drug-likeness (QED) is 0.530. The van der Waals surface area contributed by atoms with Crippen molar-refractivity contribution in [2.45, 2.75) is 6.42 Å². The Kier molecular flexibility index (Phi) is 5.05. The number of aromatic amines is 1. The summed E-state index contributed by atoms with van der Waals surface area (Å²) in [4.78, 5) is 16.7. The molecule has 4 rings (SSSR count). The second-order valence-corrected chi connectivity index (χ2v) is 5.81. The Morgan fingerprint density at radius 3 is 2.89 bits per heavy atom. The summed E-state index contributed by atoms with van der Waals surface area (Å²) in [6.07, 6.45) is 12.2. The number of terminal acetylenes is 1. The minimum atomic E-state index is -0.560. The highest BCUT2D eigenvalue weighted by molar-refractivity contribution is 6.35. The van der Waals surface area contributed by atoms with Crippen molar-refractivity contribution in [2.24, 2.45) is 0 Å². The second-order valence-electron chi connectivity index (χ2n) is 5.44. The van der Waals surface area contributed by atoms with E-state index in [0.29, 0.717) is 39.2 Å². The van der Waals surface area contributed by atoms with Crippen LogP contribution in [-0.4, -0.2) is 38.4 Å². The van der Waals surface area contributed by atoms with Crippen LogP contribution >= 0.6 is 11.6 Å². The van der Waals surface area contributed by atoms with E-state index in [4.69, 9.17) is 22.8 Å². The Bertz CT molecular complexity index is 1180. The molecule has 27 heavy (non-hydrogen) atoms. The lowest BCUT2D eigenvalue weighted by Gasteiger charge is -2.10. The van der Waals surface area contributed by atoms with Crippen LogP contribution in [0, 0.1) is 18.2 Å². The molecule has 3 heterocycles. The van der Waals surface area contributed by atoms with Gasteiger partial charge in [0.25, 0.3) is 0 Å². The third kappa shape index (κ3) is 2.98. The van der Waals surface area contributed by atoms with E-state index in [1.165, 1.54) is 0 Å². The Labute approximate surface area is 158 Å². The van der Waals surface area contributed by atoms with Crippen LogP contribution < -0.4 is 5.32 Å². The third-order valence-corrected chi connectivity index (χ3v) is 4.38. The number of hydrogen-bond donors (Lipinski definition) is 2. The molecule has 0 aliphatic heterocycles. The van der Waals surface area contributed by atoms with E-state index in [9.17, 15) is 4.39 Å². The highest BCUT2D eigenvalue weighted by Gasteiger charge is 2.21. The molecule has 2 N–H and O–H groups in total. The van der Waals surface area contributed by atoms with Crippen molar-refractivity contribution in [1.82, 2.24) is 24.6 Å². The first kappa shape index (κ1) is 18.4. The molecule has 0 bridgehead atoms. The number of carbonyl (C=O) groups is 1. The maximum Gasteiger partial charge on any atom is 0.157 e. The molecule has 0 saturated carbocycles. The summed E-state index contributed by atoms with van der Waals surface area (Å²) in [5, 5.41) is 10.4. The van der Waals surface area contributed by atoms with E-state index in [1.807, 2.05) is 13.0 Å². The molecule has 0 radical (unpaired) electrons. The Hall–Kier alpha value is -3.44. The van der Waals surface area contributed by atoms with Gasteiger partial charge in [0.1, 0.15) is 18.4 Å². The summed E-state index contributed by atoms with van der Waals surface area (Å²) >= 11 is 6.33. The Balaban J connectivity index is 0.00000102. The minimum absolute atomic E-state index is 0.0278. The van der Waals surface area contributed by atoms with E-state index in [2.05, 4.69) is 31.4 Å². The van der Waals surface area contributed by atoms with E-state index < -0.39 is 5.82 Å². The molecule has 0 unspecified atom stereocenters. The van der Waals surface area contributed by atoms with Gasteiger partial charge in [-0.3, -0.25) is 10.1 Å². The number of rotatable bonds is 3. The molecular formula is C18H14ClFN6O. The first-order chi connectivity index (χ1) is 13.1. The Morgan fingerprint density at radius 1 is 1.41 bits per heavy atom.